The van der Waals surface area contributed by atoms with Gasteiger partial charge in [-0.25, -0.2) is 0 Å². The van der Waals surface area contributed by atoms with Gasteiger partial charge in [-0.3, -0.25) is 4.79 Å². The first-order valence-electron chi connectivity index (χ1n) is 5.48. The van der Waals surface area contributed by atoms with Gasteiger partial charge in [0, 0.05) is 10.5 Å². The van der Waals surface area contributed by atoms with Gasteiger partial charge in [0.25, 0.3) is 0 Å². The molecule has 0 saturated heterocycles. The van der Waals surface area contributed by atoms with Crippen molar-refractivity contribution >= 4 is 17.7 Å². The lowest BCUT2D eigenvalue weighted by Gasteiger charge is -2.28. The maximum absolute atomic E-state index is 10.9. The molecule has 1 aromatic rings. The van der Waals surface area contributed by atoms with E-state index >= 15 is 0 Å². The lowest BCUT2D eigenvalue weighted by atomic mass is 10.1. The monoisotopic (exact) mass is 264 g/mol. The molecule has 4 nitrogen and oxygen atoms in total. The largest absolute Gasteiger partial charge is 0.480 e. The molecule has 0 bridgehead atoms. The van der Waals surface area contributed by atoms with Crippen molar-refractivity contribution in [2.45, 2.75) is 30.4 Å². The van der Waals surface area contributed by atoms with Crippen LogP contribution >= 0.6 is 11.8 Å². The molecule has 1 aromatic carbocycles. The van der Waals surface area contributed by atoms with Gasteiger partial charge in [0.15, 0.2) is 0 Å². The van der Waals surface area contributed by atoms with Crippen molar-refractivity contribution in [1.82, 2.24) is 0 Å². The Bertz CT molecular complexity index is 480. The minimum Gasteiger partial charge on any atom is -0.480 e. The van der Waals surface area contributed by atoms with E-state index in [-0.39, 0.29) is 0 Å². The maximum atomic E-state index is 10.9. The van der Waals surface area contributed by atoms with E-state index in [0.29, 0.717) is 11.3 Å². The van der Waals surface area contributed by atoms with Crippen LogP contribution in [0.4, 0.5) is 0 Å². The highest BCUT2D eigenvalue weighted by Gasteiger charge is 2.32. The zero-order chi connectivity index (χ0) is 13.8. The zero-order valence-electron chi connectivity index (χ0n) is 10.4. The first-order valence-corrected chi connectivity index (χ1v) is 6.47. The third-order valence-corrected chi connectivity index (χ3v) is 4.16. The number of rotatable bonds is 5. The van der Waals surface area contributed by atoms with Crippen LogP contribution in [0, 0.1) is 11.3 Å². The SMILES string of the molecule is CC(C)(SCc1cccc(C#N)c1)[C@H](N)C(=O)O. The Morgan fingerprint density at radius 2 is 2.28 bits per heavy atom. The minimum absolute atomic E-state index is 0.561. The summed E-state index contributed by atoms with van der Waals surface area (Å²) in [6.45, 7) is 3.62. The topological polar surface area (TPSA) is 87.1 Å². The molecule has 0 unspecified atom stereocenters. The van der Waals surface area contributed by atoms with Crippen molar-refractivity contribution < 1.29 is 9.90 Å². The summed E-state index contributed by atoms with van der Waals surface area (Å²) in [5.41, 5.74) is 7.24. The van der Waals surface area contributed by atoms with E-state index in [1.165, 1.54) is 11.8 Å². The van der Waals surface area contributed by atoms with E-state index < -0.39 is 16.8 Å². The van der Waals surface area contributed by atoms with Crippen LogP contribution in [0.3, 0.4) is 0 Å². The summed E-state index contributed by atoms with van der Waals surface area (Å²) in [7, 11) is 0. The highest BCUT2D eigenvalue weighted by atomic mass is 32.2. The molecule has 1 atom stereocenters. The molecule has 0 aliphatic rings. The third-order valence-electron chi connectivity index (χ3n) is 2.68. The second-order valence-corrected chi connectivity index (χ2v) is 6.15. The molecule has 18 heavy (non-hydrogen) atoms. The van der Waals surface area contributed by atoms with E-state index in [9.17, 15) is 4.79 Å². The zero-order valence-corrected chi connectivity index (χ0v) is 11.2. The van der Waals surface area contributed by atoms with Crippen molar-refractivity contribution in [1.29, 1.82) is 5.26 Å². The normalized spacial score (nSPS) is 12.8. The first kappa shape index (κ1) is 14.6. The highest BCUT2D eigenvalue weighted by molar-refractivity contribution is 7.99. The highest BCUT2D eigenvalue weighted by Crippen LogP contribution is 2.30. The number of hydrogen-bond donors (Lipinski definition) is 2. The molecule has 0 saturated carbocycles. The van der Waals surface area contributed by atoms with Gasteiger partial charge in [-0.05, 0) is 31.5 Å². The fraction of sp³-hybridized carbons (Fsp3) is 0.385. The predicted molar refractivity (Wildman–Crippen MR) is 72.1 cm³/mol. The summed E-state index contributed by atoms with van der Waals surface area (Å²) in [5.74, 6) is -0.373. The minimum atomic E-state index is -1.00. The molecule has 0 fully saturated rings. The van der Waals surface area contributed by atoms with Gasteiger partial charge in [0.1, 0.15) is 6.04 Å². The molecule has 1 rings (SSSR count). The molecule has 3 N–H and O–H groups in total. The number of thioether (sulfide) groups is 1. The van der Waals surface area contributed by atoms with E-state index in [2.05, 4.69) is 6.07 Å². The Hall–Kier alpha value is -1.51. The van der Waals surface area contributed by atoms with Crippen LogP contribution in [0.2, 0.25) is 0 Å². The summed E-state index contributed by atoms with van der Waals surface area (Å²) in [4.78, 5) is 10.9. The van der Waals surface area contributed by atoms with E-state index in [1.807, 2.05) is 26.0 Å². The average Bonchev–Trinajstić information content (AvgIpc) is 2.35. The van der Waals surface area contributed by atoms with Crippen LogP contribution in [0.1, 0.15) is 25.0 Å². The summed E-state index contributed by atoms with van der Waals surface area (Å²) < 4.78 is -0.561. The van der Waals surface area contributed by atoms with Gasteiger partial charge in [-0.1, -0.05) is 12.1 Å². The Balaban J connectivity index is 2.70. The van der Waals surface area contributed by atoms with Crippen molar-refractivity contribution in [3.05, 3.63) is 35.4 Å². The van der Waals surface area contributed by atoms with Crippen molar-refractivity contribution in [3.63, 3.8) is 0 Å². The number of benzene rings is 1. The van der Waals surface area contributed by atoms with Crippen molar-refractivity contribution in [2.24, 2.45) is 5.73 Å². The molecule has 5 heteroatoms. The number of aliphatic carboxylic acids is 1. The average molecular weight is 264 g/mol. The van der Waals surface area contributed by atoms with Crippen LogP contribution in [-0.2, 0) is 10.5 Å². The van der Waals surface area contributed by atoms with E-state index in [1.54, 1.807) is 12.1 Å². The van der Waals surface area contributed by atoms with E-state index in [4.69, 9.17) is 16.1 Å². The third kappa shape index (κ3) is 3.76. The van der Waals surface area contributed by atoms with Gasteiger partial charge < -0.3 is 10.8 Å². The standard InChI is InChI=1S/C13H16N2O2S/c1-13(2,11(15)12(16)17)18-8-10-5-3-4-9(6-10)7-14/h3-6,11H,8,15H2,1-2H3,(H,16,17)/t11-/m1/s1. The molecular weight excluding hydrogens is 248 g/mol. The molecule has 0 heterocycles. The summed E-state index contributed by atoms with van der Waals surface area (Å²) in [6.07, 6.45) is 0. The Labute approximate surface area is 111 Å². The van der Waals surface area contributed by atoms with Crippen LogP contribution in [-0.4, -0.2) is 21.9 Å². The quantitative estimate of drug-likeness (QED) is 0.849. The first-order chi connectivity index (χ1) is 8.36. The number of carboxylic acids is 1. The molecule has 96 valence electrons. The summed E-state index contributed by atoms with van der Waals surface area (Å²) >= 11 is 1.47. The van der Waals surface area contributed by atoms with Gasteiger partial charge in [0.2, 0.25) is 0 Å². The fourth-order valence-corrected chi connectivity index (χ4v) is 2.39. The Kier molecular flexibility index (Phi) is 4.76. The second kappa shape index (κ2) is 5.89. The van der Waals surface area contributed by atoms with Gasteiger partial charge in [-0.2, -0.15) is 5.26 Å². The predicted octanol–water partition coefficient (Wildman–Crippen LogP) is 1.98. The van der Waals surface area contributed by atoms with Gasteiger partial charge >= 0.3 is 5.97 Å². The van der Waals surface area contributed by atoms with E-state index in [0.717, 1.165) is 5.56 Å². The van der Waals surface area contributed by atoms with Crippen LogP contribution < -0.4 is 5.73 Å². The Morgan fingerprint density at radius 3 is 2.83 bits per heavy atom. The van der Waals surface area contributed by atoms with Crippen molar-refractivity contribution in [2.75, 3.05) is 0 Å². The number of nitriles is 1. The van der Waals surface area contributed by atoms with Crippen molar-refractivity contribution in [3.8, 4) is 6.07 Å². The number of carboxylic acid groups (broad SMARTS) is 1. The lowest BCUT2D eigenvalue weighted by Crippen LogP contribution is -2.46. The molecule has 0 radical (unpaired) electrons. The molecule has 0 amide bonds. The number of nitrogens with two attached hydrogens (primary N) is 1. The molecule has 0 spiro atoms. The number of hydrogen-bond acceptors (Lipinski definition) is 4. The molecule has 0 aliphatic heterocycles. The smallest absolute Gasteiger partial charge is 0.321 e. The van der Waals surface area contributed by atoms with Gasteiger partial charge in [0.05, 0.1) is 11.6 Å². The fourth-order valence-electron chi connectivity index (χ4n) is 1.39. The Morgan fingerprint density at radius 1 is 1.61 bits per heavy atom. The number of nitrogens with zero attached hydrogens (tertiary/aromatic N) is 1. The van der Waals surface area contributed by atoms with Crippen LogP contribution in [0.5, 0.6) is 0 Å². The molecule has 0 aliphatic carbocycles. The second-order valence-electron chi connectivity index (χ2n) is 4.52. The summed E-state index contributed by atoms with van der Waals surface area (Å²) in [5, 5.41) is 17.7. The number of carbonyl (C=O) groups is 1. The van der Waals surface area contributed by atoms with Crippen LogP contribution in [0.25, 0.3) is 0 Å². The van der Waals surface area contributed by atoms with Crippen LogP contribution in [0.15, 0.2) is 24.3 Å². The molecule has 0 aromatic heterocycles. The molecular formula is C13H16N2O2S. The maximum Gasteiger partial charge on any atom is 0.321 e. The van der Waals surface area contributed by atoms with Gasteiger partial charge in [-0.15, -0.1) is 11.8 Å². The lowest BCUT2D eigenvalue weighted by molar-refractivity contribution is -0.139. The summed E-state index contributed by atoms with van der Waals surface area (Å²) in [6, 6.07) is 8.43.